The number of aromatic nitrogens is 2. The molecule has 0 radical (unpaired) electrons. The molecular weight excluding hydrogens is 294 g/mol. The van der Waals surface area contributed by atoms with Gasteiger partial charge in [-0.1, -0.05) is 47.7 Å². The maximum atomic E-state index is 6.14. The highest BCUT2D eigenvalue weighted by atomic mass is 32.2. The molecule has 2 aromatic carbocycles. The fraction of sp³-hybridized carbons (Fsp3) is 0.0588. The van der Waals surface area contributed by atoms with Crippen LogP contribution in [0.4, 0.5) is 5.69 Å². The average Bonchev–Trinajstić information content (AvgIpc) is 2.54. The number of hydrogen-bond acceptors (Lipinski definition) is 5. The minimum absolute atomic E-state index is 0.371. The molecule has 0 saturated carbocycles. The summed E-state index contributed by atoms with van der Waals surface area (Å²) >= 11 is 1.49. The second-order valence-corrected chi connectivity index (χ2v) is 5.79. The molecule has 0 bridgehead atoms. The van der Waals surface area contributed by atoms with Gasteiger partial charge in [-0.2, -0.15) is 4.98 Å². The lowest BCUT2D eigenvalue weighted by molar-refractivity contribution is 0.462. The molecule has 0 fully saturated rings. The molecule has 0 saturated heterocycles. The molecular formula is C17H15N3OS. The van der Waals surface area contributed by atoms with Gasteiger partial charge in [0.15, 0.2) is 0 Å². The third-order valence-electron chi connectivity index (χ3n) is 3.00. The number of aryl methyl sites for hydroxylation is 1. The molecule has 3 rings (SSSR count). The largest absolute Gasteiger partial charge is 0.437 e. The van der Waals surface area contributed by atoms with Crippen LogP contribution in [0.1, 0.15) is 5.56 Å². The number of nitrogens with zero attached hydrogens (tertiary/aromatic N) is 2. The van der Waals surface area contributed by atoms with E-state index in [1.54, 1.807) is 0 Å². The molecule has 0 aliphatic rings. The van der Waals surface area contributed by atoms with E-state index < -0.39 is 0 Å². The monoisotopic (exact) mass is 309 g/mol. The van der Waals surface area contributed by atoms with Crippen LogP contribution in [-0.4, -0.2) is 9.97 Å². The van der Waals surface area contributed by atoms with E-state index in [1.807, 2.05) is 42.5 Å². The zero-order chi connectivity index (χ0) is 15.4. The molecule has 2 N–H and O–H groups in total. The van der Waals surface area contributed by atoms with Crippen molar-refractivity contribution >= 4 is 17.4 Å². The van der Waals surface area contributed by atoms with Crippen molar-refractivity contribution in [2.75, 3.05) is 5.73 Å². The summed E-state index contributed by atoms with van der Waals surface area (Å²) in [6.45, 7) is 2.05. The molecule has 4 nitrogen and oxygen atoms in total. The van der Waals surface area contributed by atoms with Gasteiger partial charge in [0, 0.05) is 4.90 Å². The van der Waals surface area contributed by atoms with Crippen LogP contribution in [0.15, 0.2) is 70.8 Å². The van der Waals surface area contributed by atoms with Crippen molar-refractivity contribution in [1.82, 2.24) is 9.97 Å². The molecule has 110 valence electrons. The Morgan fingerprint density at radius 2 is 1.68 bits per heavy atom. The summed E-state index contributed by atoms with van der Waals surface area (Å²) in [5, 5.41) is 0.685. The minimum atomic E-state index is 0.371. The van der Waals surface area contributed by atoms with Gasteiger partial charge in [-0.3, -0.25) is 0 Å². The van der Waals surface area contributed by atoms with Gasteiger partial charge < -0.3 is 10.5 Å². The molecule has 0 aliphatic heterocycles. The van der Waals surface area contributed by atoms with Crippen molar-refractivity contribution in [2.24, 2.45) is 0 Å². The highest BCUT2D eigenvalue weighted by Crippen LogP contribution is 2.35. The van der Waals surface area contributed by atoms with Gasteiger partial charge in [-0.15, -0.1) is 0 Å². The first-order valence-corrected chi connectivity index (χ1v) is 7.62. The summed E-state index contributed by atoms with van der Waals surface area (Å²) in [4.78, 5) is 9.43. The smallest absolute Gasteiger partial charge is 0.247 e. The second kappa shape index (κ2) is 6.49. The van der Waals surface area contributed by atoms with Gasteiger partial charge in [0.25, 0.3) is 0 Å². The number of nitrogens with two attached hydrogens (primary N) is 1. The molecule has 1 aromatic heterocycles. The van der Waals surface area contributed by atoms with Crippen LogP contribution >= 0.6 is 11.8 Å². The third kappa shape index (κ3) is 3.38. The minimum Gasteiger partial charge on any atom is -0.437 e. The predicted molar refractivity (Wildman–Crippen MR) is 88.3 cm³/mol. The van der Waals surface area contributed by atoms with Crippen LogP contribution in [0.3, 0.4) is 0 Å². The van der Waals surface area contributed by atoms with Crippen LogP contribution in [0.25, 0.3) is 0 Å². The Kier molecular flexibility index (Phi) is 4.25. The zero-order valence-electron chi connectivity index (χ0n) is 12.1. The summed E-state index contributed by atoms with van der Waals surface area (Å²) in [6.07, 6.45) is 1.46. The molecule has 3 aromatic rings. The molecule has 0 unspecified atom stereocenters. The lowest BCUT2D eigenvalue weighted by atomic mass is 10.2. The summed E-state index contributed by atoms with van der Waals surface area (Å²) < 4.78 is 5.72. The van der Waals surface area contributed by atoms with Crippen molar-refractivity contribution in [3.05, 3.63) is 66.5 Å². The maximum absolute atomic E-state index is 6.14. The van der Waals surface area contributed by atoms with Crippen LogP contribution < -0.4 is 10.5 Å². The topological polar surface area (TPSA) is 61.0 Å². The van der Waals surface area contributed by atoms with Crippen molar-refractivity contribution in [2.45, 2.75) is 16.8 Å². The Balaban J connectivity index is 1.84. The number of ether oxygens (including phenoxy) is 1. The summed E-state index contributed by atoms with van der Waals surface area (Å²) in [5.41, 5.74) is 7.80. The molecule has 22 heavy (non-hydrogen) atoms. The van der Waals surface area contributed by atoms with Crippen molar-refractivity contribution < 1.29 is 4.74 Å². The normalized spacial score (nSPS) is 10.4. The molecule has 0 amide bonds. The average molecular weight is 309 g/mol. The first kappa shape index (κ1) is 14.4. The van der Waals surface area contributed by atoms with E-state index in [1.165, 1.54) is 23.7 Å². The fourth-order valence-corrected chi connectivity index (χ4v) is 2.64. The Morgan fingerprint density at radius 1 is 0.955 bits per heavy atom. The number of hydrogen-bond donors (Lipinski definition) is 1. The van der Waals surface area contributed by atoms with Gasteiger partial charge >= 0.3 is 0 Å². The predicted octanol–water partition coefficient (Wildman–Crippen LogP) is 4.31. The van der Waals surface area contributed by atoms with Crippen LogP contribution in [-0.2, 0) is 0 Å². The van der Waals surface area contributed by atoms with Crippen LogP contribution in [0, 0.1) is 6.92 Å². The SMILES string of the molecule is Cc1ccc(Sc2ncnc(Oc3ccccc3)c2N)cc1. The molecule has 0 spiro atoms. The molecule has 0 aliphatic carbocycles. The number of rotatable bonds is 4. The number of para-hydroxylation sites is 1. The fourth-order valence-electron chi connectivity index (χ4n) is 1.85. The Morgan fingerprint density at radius 3 is 2.41 bits per heavy atom. The first-order valence-electron chi connectivity index (χ1n) is 6.80. The highest BCUT2D eigenvalue weighted by molar-refractivity contribution is 7.99. The Labute approximate surface area is 133 Å². The van der Waals surface area contributed by atoms with E-state index >= 15 is 0 Å². The molecule has 0 atom stereocenters. The highest BCUT2D eigenvalue weighted by Gasteiger charge is 2.11. The summed E-state index contributed by atoms with van der Waals surface area (Å²) in [7, 11) is 0. The summed E-state index contributed by atoms with van der Waals surface area (Å²) in [6, 6.07) is 17.6. The summed E-state index contributed by atoms with van der Waals surface area (Å²) in [5.74, 6) is 1.06. The molecule has 5 heteroatoms. The first-order chi connectivity index (χ1) is 10.7. The number of benzene rings is 2. The molecule has 1 heterocycles. The Bertz CT molecular complexity index is 761. The van der Waals surface area contributed by atoms with Gasteiger partial charge in [-0.05, 0) is 31.2 Å². The number of nitrogen functional groups attached to an aromatic ring is 1. The van der Waals surface area contributed by atoms with Gasteiger partial charge in [-0.25, -0.2) is 4.98 Å². The third-order valence-corrected chi connectivity index (χ3v) is 4.03. The van der Waals surface area contributed by atoms with Crippen molar-refractivity contribution in [3.8, 4) is 11.6 Å². The zero-order valence-corrected chi connectivity index (χ0v) is 12.9. The van der Waals surface area contributed by atoms with Gasteiger partial charge in [0.05, 0.1) is 0 Å². The second-order valence-electron chi connectivity index (χ2n) is 4.73. The lowest BCUT2D eigenvalue weighted by Crippen LogP contribution is -1.99. The van der Waals surface area contributed by atoms with E-state index in [2.05, 4.69) is 29.0 Å². The van der Waals surface area contributed by atoms with E-state index in [0.29, 0.717) is 22.3 Å². The van der Waals surface area contributed by atoms with Crippen molar-refractivity contribution in [3.63, 3.8) is 0 Å². The van der Waals surface area contributed by atoms with E-state index in [4.69, 9.17) is 10.5 Å². The standard InChI is InChI=1S/C17H15N3OS/c1-12-7-9-14(10-8-12)22-17-15(18)16(19-11-20-17)21-13-5-3-2-4-6-13/h2-11H,18H2,1H3. The number of anilines is 1. The Hall–Kier alpha value is -2.53. The van der Waals surface area contributed by atoms with Crippen LogP contribution in [0.5, 0.6) is 11.6 Å². The van der Waals surface area contributed by atoms with Crippen molar-refractivity contribution in [1.29, 1.82) is 0 Å². The quantitative estimate of drug-likeness (QED) is 0.728. The van der Waals surface area contributed by atoms with E-state index in [9.17, 15) is 0 Å². The maximum Gasteiger partial charge on any atom is 0.247 e. The van der Waals surface area contributed by atoms with Gasteiger partial charge in [0.1, 0.15) is 22.8 Å². The van der Waals surface area contributed by atoms with E-state index in [-0.39, 0.29) is 0 Å². The lowest BCUT2D eigenvalue weighted by Gasteiger charge is -2.09. The van der Waals surface area contributed by atoms with Crippen LogP contribution in [0.2, 0.25) is 0 Å². The van der Waals surface area contributed by atoms with Gasteiger partial charge in [0.2, 0.25) is 5.88 Å². The van der Waals surface area contributed by atoms with E-state index in [0.717, 1.165) is 4.90 Å².